The zero-order valence-electron chi connectivity index (χ0n) is 15.4. The minimum Gasteiger partial charge on any atom is -0.207 e. The fraction of sp³-hybridized carbons (Fsp3) is 0.400. The largest absolute Gasteiger partial charge is 0.243 e. The molecule has 0 aliphatic carbocycles. The topological polar surface area (TPSA) is 37.4 Å². The summed E-state index contributed by atoms with van der Waals surface area (Å²) in [6.45, 7) is 3.90. The van der Waals surface area contributed by atoms with E-state index >= 15 is 0 Å². The second kappa shape index (κ2) is 8.98. The average Bonchev–Trinajstić information content (AvgIpc) is 2.57. The highest BCUT2D eigenvalue weighted by atomic mass is 35.5. The molecule has 0 heterocycles. The Labute approximate surface area is 160 Å². The van der Waals surface area contributed by atoms with Gasteiger partial charge >= 0.3 is 0 Å². The lowest BCUT2D eigenvalue weighted by Crippen LogP contribution is -2.38. The smallest absolute Gasteiger partial charge is 0.207 e. The van der Waals surface area contributed by atoms with Crippen molar-refractivity contribution in [2.75, 3.05) is 7.05 Å². The van der Waals surface area contributed by atoms with Gasteiger partial charge in [-0.1, -0.05) is 37.4 Å². The molecule has 2 aromatic rings. The first-order valence-electron chi connectivity index (χ1n) is 8.73. The van der Waals surface area contributed by atoms with Gasteiger partial charge in [-0.2, -0.15) is 4.31 Å². The Morgan fingerprint density at radius 1 is 1.15 bits per heavy atom. The van der Waals surface area contributed by atoms with E-state index < -0.39 is 10.0 Å². The van der Waals surface area contributed by atoms with Crippen molar-refractivity contribution < 1.29 is 12.8 Å². The first kappa shape index (κ1) is 20.9. The molecule has 142 valence electrons. The van der Waals surface area contributed by atoms with E-state index in [4.69, 9.17) is 11.6 Å². The van der Waals surface area contributed by atoms with E-state index in [1.54, 1.807) is 19.2 Å². The molecule has 0 spiro atoms. The van der Waals surface area contributed by atoms with Crippen LogP contribution in [0.4, 0.5) is 4.39 Å². The standard InChI is InChI=1S/C20H25ClFNO2S/c1-4-5-6-19(14-16-11-15(2)12-18(22)13-16)23(3)26(24,25)20-9-7-17(21)8-10-20/h7-13,19H,4-6,14H2,1-3H3. The Morgan fingerprint density at radius 3 is 2.38 bits per heavy atom. The van der Waals surface area contributed by atoms with Crippen molar-refractivity contribution in [2.24, 2.45) is 0 Å². The summed E-state index contributed by atoms with van der Waals surface area (Å²) in [6, 6.07) is 10.8. The van der Waals surface area contributed by atoms with Crippen LogP contribution >= 0.6 is 11.6 Å². The van der Waals surface area contributed by atoms with Crippen molar-refractivity contribution in [2.45, 2.75) is 50.5 Å². The molecule has 0 amide bonds. The van der Waals surface area contributed by atoms with Crippen LogP contribution in [-0.2, 0) is 16.4 Å². The summed E-state index contributed by atoms with van der Waals surface area (Å²) in [5.41, 5.74) is 1.64. The summed E-state index contributed by atoms with van der Waals surface area (Å²) in [6.07, 6.45) is 3.06. The number of likely N-dealkylation sites (N-methyl/N-ethyl adjacent to an activating group) is 1. The van der Waals surface area contributed by atoms with Gasteiger partial charge in [0.15, 0.2) is 0 Å². The number of halogens is 2. The van der Waals surface area contributed by atoms with Gasteiger partial charge in [0.2, 0.25) is 10.0 Å². The molecule has 0 aliphatic heterocycles. The molecule has 0 aliphatic rings. The monoisotopic (exact) mass is 397 g/mol. The van der Waals surface area contributed by atoms with Crippen molar-refractivity contribution in [3.8, 4) is 0 Å². The van der Waals surface area contributed by atoms with Crippen LogP contribution in [0.5, 0.6) is 0 Å². The van der Waals surface area contributed by atoms with E-state index in [-0.39, 0.29) is 16.8 Å². The van der Waals surface area contributed by atoms with Crippen LogP contribution in [-0.4, -0.2) is 25.8 Å². The van der Waals surface area contributed by atoms with Crippen LogP contribution in [0.25, 0.3) is 0 Å². The van der Waals surface area contributed by atoms with Crippen molar-refractivity contribution >= 4 is 21.6 Å². The third-order valence-corrected chi connectivity index (χ3v) is 6.65. The van der Waals surface area contributed by atoms with E-state index in [9.17, 15) is 12.8 Å². The van der Waals surface area contributed by atoms with Gasteiger partial charge in [0.25, 0.3) is 0 Å². The van der Waals surface area contributed by atoms with E-state index in [0.717, 1.165) is 30.4 Å². The predicted octanol–water partition coefficient (Wildman–Crippen LogP) is 5.21. The summed E-state index contributed by atoms with van der Waals surface area (Å²) in [5, 5.41) is 0.490. The van der Waals surface area contributed by atoms with Gasteiger partial charge in [-0.3, -0.25) is 0 Å². The summed E-state index contributed by atoms with van der Waals surface area (Å²) >= 11 is 5.87. The summed E-state index contributed by atoms with van der Waals surface area (Å²) in [5.74, 6) is -0.294. The molecule has 0 fully saturated rings. The number of nitrogens with zero attached hydrogens (tertiary/aromatic N) is 1. The molecular formula is C20H25ClFNO2S. The van der Waals surface area contributed by atoms with Crippen LogP contribution in [0, 0.1) is 12.7 Å². The van der Waals surface area contributed by atoms with Crippen molar-refractivity contribution in [3.05, 3.63) is 64.4 Å². The van der Waals surface area contributed by atoms with Crippen molar-refractivity contribution in [3.63, 3.8) is 0 Å². The van der Waals surface area contributed by atoms with E-state index in [0.29, 0.717) is 11.4 Å². The first-order chi connectivity index (χ1) is 12.2. The van der Waals surface area contributed by atoms with Crippen LogP contribution in [0.1, 0.15) is 37.3 Å². The molecule has 26 heavy (non-hydrogen) atoms. The summed E-state index contributed by atoms with van der Waals surface area (Å²) in [4.78, 5) is 0.210. The molecule has 0 N–H and O–H groups in total. The maximum absolute atomic E-state index is 13.7. The highest BCUT2D eigenvalue weighted by Crippen LogP contribution is 2.23. The zero-order valence-corrected chi connectivity index (χ0v) is 16.9. The minimum absolute atomic E-state index is 0.210. The van der Waals surface area contributed by atoms with Gasteiger partial charge < -0.3 is 0 Å². The van der Waals surface area contributed by atoms with Gasteiger partial charge in [-0.25, -0.2) is 12.8 Å². The molecule has 3 nitrogen and oxygen atoms in total. The second-order valence-corrected chi connectivity index (χ2v) is 9.05. The number of rotatable bonds is 8. The van der Waals surface area contributed by atoms with E-state index in [1.165, 1.54) is 28.6 Å². The number of unbranched alkanes of at least 4 members (excludes halogenated alkanes) is 1. The lowest BCUT2D eigenvalue weighted by atomic mass is 10.00. The third kappa shape index (κ3) is 5.29. The number of hydrogen-bond acceptors (Lipinski definition) is 2. The molecule has 0 bridgehead atoms. The van der Waals surface area contributed by atoms with E-state index in [2.05, 4.69) is 6.92 Å². The Balaban J connectivity index is 2.30. The molecule has 1 unspecified atom stereocenters. The molecule has 2 aromatic carbocycles. The Hall–Kier alpha value is -1.43. The molecular weight excluding hydrogens is 373 g/mol. The maximum Gasteiger partial charge on any atom is 0.243 e. The van der Waals surface area contributed by atoms with Crippen molar-refractivity contribution in [1.29, 1.82) is 0 Å². The summed E-state index contributed by atoms with van der Waals surface area (Å²) < 4.78 is 41.1. The minimum atomic E-state index is -3.64. The van der Waals surface area contributed by atoms with Gasteiger partial charge in [0.05, 0.1) is 4.90 Å². The highest BCUT2D eigenvalue weighted by Gasteiger charge is 2.28. The normalized spacial score (nSPS) is 13.2. The Morgan fingerprint density at radius 2 is 1.81 bits per heavy atom. The zero-order chi connectivity index (χ0) is 19.3. The van der Waals surface area contributed by atoms with E-state index in [1.807, 2.05) is 13.0 Å². The molecule has 6 heteroatoms. The quantitative estimate of drug-likeness (QED) is 0.613. The summed E-state index contributed by atoms with van der Waals surface area (Å²) in [7, 11) is -2.05. The van der Waals surface area contributed by atoms with Gasteiger partial charge in [-0.05, 0) is 67.3 Å². The van der Waals surface area contributed by atoms with Gasteiger partial charge in [0, 0.05) is 18.1 Å². The SMILES string of the molecule is CCCCC(Cc1cc(C)cc(F)c1)N(C)S(=O)(=O)c1ccc(Cl)cc1. The predicted molar refractivity (Wildman–Crippen MR) is 105 cm³/mol. The second-order valence-electron chi connectivity index (χ2n) is 6.61. The lowest BCUT2D eigenvalue weighted by molar-refractivity contribution is 0.339. The van der Waals surface area contributed by atoms with Crippen LogP contribution in [0.15, 0.2) is 47.4 Å². The molecule has 0 radical (unpaired) electrons. The third-order valence-electron chi connectivity index (χ3n) is 4.47. The fourth-order valence-electron chi connectivity index (χ4n) is 3.02. The molecule has 0 saturated heterocycles. The van der Waals surface area contributed by atoms with Gasteiger partial charge in [-0.15, -0.1) is 0 Å². The molecule has 0 saturated carbocycles. The number of benzene rings is 2. The number of aryl methyl sites for hydroxylation is 1. The Kier molecular flexibility index (Phi) is 7.21. The van der Waals surface area contributed by atoms with Crippen LogP contribution in [0.2, 0.25) is 5.02 Å². The first-order valence-corrected chi connectivity index (χ1v) is 10.6. The lowest BCUT2D eigenvalue weighted by Gasteiger charge is -2.28. The molecule has 1 atom stereocenters. The molecule has 2 rings (SSSR count). The van der Waals surface area contributed by atoms with Crippen molar-refractivity contribution in [1.82, 2.24) is 4.31 Å². The molecule has 0 aromatic heterocycles. The van der Waals surface area contributed by atoms with Crippen LogP contribution < -0.4 is 0 Å². The number of sulfonamides is 1. The fourth-order valence-corrected chi connectivity index (χ4v) is 4.53. The Bertz CT molecular complexity index is 817. The number of hydrogen-bond donors (Lipinski definition) is 0. The van der Waals surface area contributed by atoms with Crippen LogP contribution in [0.3, 0.4) is 0 Å². The highest BCUT2D eigenvalue weighted by molar-refractivity contribution is 7.89. The van der Waals surface area contributed by atoms with Gasteiger partial charge in [0.1, 0.15) is 5.82 Å². The maximum atomic E-state index is 13.7. The average molecular weight is 398 g/mol.